The molecule has 6 fully saturated rings. The van der Waals surface area contributed by atoms with Gasteiger partial charge in [0, 0.05) is 5.92 Å². The molecule has 0 radical (unpaired) electrons. The van der Waals surface area contributed by atoms with Crippen LogP contribution in [0.3, 0.4) is 0 Å². The highest BCUT2D eigenvalue weighted by atomic mass is 16.8. The van der Waals surface area contributed by atoms with E-state index in [1.165, 1.54) is 14.0 Å². The minimum Gasteiger partial charge on any atom is -0.497 e. The fraction of sp³-hybridized carbons (Fsp3) is 0.543. The molecule has 8 rings (SSSR count). The van der Waals surface area contributed by atoms with Crippen LogP contribution in [0.15, 0.2) is 54.6 Å². The number of aliphatic hydroxyl groups excluding tert-OH is 1. The van der Waals surface area contributed by atoms with Crippen molar-refractivity contribution in [2.24, 2.45) is 28.1 Å². The van der Waals surface area contributed by atoms with E-state index < -0.39 is 100.0 Å². The first-order chi connectivity index (χ1) is 22.7. The third-order valence-electron chi connectivity index (χ3n) is 11.7. The number of methoxy groups -OCH3 is 1. The molecule has 12 atom stereocenters. The predicted molar refractivity (Wildman–Crippen MR) is 159 cm³/mol. The maximum absolute atomic E-state index is 14.6. The first-order valence-corrected chi connectivity index (χ1v) is 15.9. The van der Waals surface area contributed by atoms with Crippen LogP contribution in [-0.4, -0.2) is 89.2 Å². The molecule has 2 N–H and O–H groups in total. The van der Waals surface area contributed by atoms with Crippen LogP contribution in [-0.2, 0) is 49.4 Å². The van der Waals surface area contributed by atoms with Crippen LogP contribution in [0, 0.1) is 28.1 Å². The maximum Gasteiger partial charge on any atom is 0.343 e. The van der Waals surface area contributed by atoms with Gasteiger partial charge in [-0.15, -0.1) is 0 Å². The summed E-state index contributed by atoms with van der Waals surface area (Å²) in [5, 5.41) is 25.3. The molecule has 0 amide bonds. The number of carbonyl (C=O) groups excluding carboxylic acids is 4. The van der Waals surface area contributed by atoms with Crippen molar-refractivity contribution in [1.82, 2.24) is 0 Å². The number of fused-ring (bicyclic) bond motifs is 2. The second kappa shape index (κ2) is 9.78. The molecule has 2 bridgehead atoms. The molecule has 254 valence electrons. The number of hydrogen-bond acceptors (Lipinski definition) is 13. The zero-order valence-electron chi connectivity index (χ0n) is 26.9. The summed E-state index contributed by atoms with van der Waals surface area (Å²) in [6.45, 7) is 6.81. The summed E-state index contributed by atoms with van der Waals surface area (Å²) in [6, 6.07) is 15.1. The van der Waals surface area contributed by atoms with Crippen LogP contribution in [0.1, 0.15) is 43.6 Å². The van der Waals surface area contributed by atoms with E-state index in [1.54, 1.807) is 54.6 Å². The molecule has 13 nitrogen and oxygen atoms in total. The van der Waals surface area contributed by atoms with Gasteiger partial charge in [-0.2, -0.15) is 0 Å². The minimum absolute atomic E-state index is 0.110. The lowest BCUT2D eigenvalue weighted by Gasteiger charge is -2.51. The molecule has 4 aliphatic heterocycles. The maximum atomic E-state index is 14.6. The van der Waals surface area contributed by atoms with Crippen LogP contribution >= 0.6 is 0 Å². The number of carbonyl (C=O) groups is 4. The third-order valence-corrected chi connectivity index (χ3v) is 11.7. The Morgan fingerprint density at radius 1 is 0.958 bits per heavy atom. The van der Waals surface area contributed by atoms with E-state index in [1.807, 2.05) is 20.8 Å². The molecule has 4 heterocycles. The molecule has 2 aromatic rings. The monoisotopic (exact) mass is 664 g/mol. The summed E-state index contributed by atoms with van der Waals surface area (Å²) in [5.41, 5.74) is -9.07. The standard InChI is InChI=1S/C35H36O13/c1-16-26(37)46-24-22(36)33-23(45-27(38)18-9-7-6-8-10-18)20-21(31(2,3)4)32(33)25(43-15-17-11-13-19(42-5)14-12-17)28(39)47-30(32)48-35(33,29(40)44-20)34(16,24)41/h6-14,16,20-25,30,36,41H,15H2,1-5H3/t16-,20-,21+,22+,23?,24?,25+,30?,32?,33?,34-,35?/m1/s1. The predicted octanol–water partition coefficient (Wildman–Crippen LogP) is 1.70. The molecule has 13 heteroatoms. The Morgan fingerprint density at radius 3 is 2.29 bits per heavy atom. The van der Waals surface area contributed by atoms with Crippen molar-refractivity contribution in [3.8, 4) is 5.75 Å². The average Bonchev–Trinajstić information content (AvgIpc) is 3.68. The molecule has 6 aliphatic rings. The van der Waals surface area contributed by atoms with Gasteiger partial charge in [-0.3, -0.25) is 4.79 Å². The van der Waals surface area contributed by atoms with Crippen LogP contribution in [0.4, 0.5) is 0 Å². The number of rotatable bonds is 6. The number of aliphatic hydroxyl groups is 2. The van der Waals surface area contributed by atoms with Crippen LogP contribution in [0.5, 0.6) is 5.75 Å². The normalized spacial score (nSPS) is 43.2. The highest BCUT2D eigenvalue weighted by molar-refractivity contribution is 5.94. The van der Waals surface area contributed by atoms with Crippen LogP contribution < -0.4 is 4.74 Å². The lowest BCUT2D eigenvalue weighted by Crippen LogP contribution is -2.74. The van der Waals surface area contributed by atoms with Gasteiger partial charge < -0.3 is 43.4 Å². The molecular formula is C35H36O13. The lowest BCUT2D eigenvalue weighted by atomic mass is 9.50. The molecule has 4 saturated heterocycles. The van der Waals surface area contributed by atoms with E-state index in [4.69, 9.17) is 33.2 Å². The van der Waals surface area contributed by atoms with Gasteiger partial charge in [0.25, 0.3) is 0 Å². The number of ether oxygens (including phenoxy) is 7. The van der Waals surface area contributed by atoms with E-state index in [0.717, 1.165) is 0 Å². The summed E-state index contributed by atoms with van der Waals surface area (Å²) in [6.07, 6.45) is -9.47. The average molecular weight is 665 g/mol. The van der Waals surface area contributed by atoms with Crippen molar-refractivity contribution >= 4 is 23.9 Å². The van der Waals surface area contributed by atoms with E-state index in [-0.39, 0.29) is 12.2 Å². The van der Waals surface area contributed by atoms with Crippen LogP contribution in [0.25, 0.3) is 0 Å². The Morgan fingerprint density at radius 2 is 1.65 bits per heavy atom. The zero-order valence-corrected chi connectivity index (χ0v) is 26.9. The van der Waals surface area contributed by atoms with Gasteiger partial charge in [-0.1, -0.05) is 51.1 Å². The van der Waals surface area contributed by atoms with E-state index in [2.05, 4.69) is 0 Å². The highest BCUT2D eigenvalue weighted by Gasteiger charge is 3.05. The lowest BCUT2D eigenvalue weighted by molar-refractivity contribution is -0.281. The molecule has 2 aliphatic carbocycles. The first kappa shape index (κ1) is 31.2. The van der Waals surface area contributed by atoms with E-state index >= 15 is 0 Å². The fourth-order valence-electron chi connectivity index (χ4n) is 10.2. The summed E-state index contributed by atoms with van der Waals surface area (Å²) in [7, 11) is 1.54. The first-order valence-electron chi connectivity index (χ1n) is 15.9. The van der Waals surface area contributed by atoms with Crippen molar-refractivity contribution in [1.29, 1.82) is 0 Å². The van der Waals surface area contributed by atoms with Gasteiger partial charge >= 0.3 is 23.9 Å². The number of esters is 4. The van der Waals surface area contributed by atoms with Crippen LogP contribution in [0.2, 0.25) is 0 Å². The molecule has 2 saturated carbocycles. The van der Waals surface area contributed by atoms with Crippen molar-refractivity contribution in [2.45, 2.75) is 82.3 Å². The quantitative estimate of drug-likeness (QED) is 0.338. The van der Waals surface area contributed by atoms with Gasteiger partial charge in [0.15, 0.2) is 23.9 Å². The van der Waals surface area contributed by atoms with E-state index in [0.29, 0.717) is 11.3 Å². The van der Waals surface area contributed by atoms with Crippen molar-refractivity contribution in [2.75, 3.05) is 7.11 Å². The molecular weight excluding hydrogens is 628 g/mol. The Balaban J connectivity index is 1.37. The SMILES string of the molecule is COc1ccc(CO[C@H]2C(=O)OC3OC45C(=O)O[C@H]6C(OC(=O)c7ccccc7)C4([C@@H](O)C4OC(=O)[C@@H](C)[C@@]45O)C32[C@@H]6C(C)(C)C)cc1. The summed E-state index contributed by atoms with van der Waals surface area (Å²) >= 11 is 0. The molecule has 2 spiro atoms. The van der Waals surface area contributed by atoms with Crippen molar-refractivity contribution < 1.29 is 62.5 Å². The Labute approximate surface area is 275 Å². The Bertz CT molecular complexity index is 1720. The summed E-state index contributed by atoms with van der Waals surface area (Å²) in [4.78, 5) is 55.5. The third kappa shape index (κ3) is 3.26. The van der Waals surface area contributed by atoms with E-state index in [9.17, 15) is 29.4 Å². The van der Waals surface area contributed by atoms with Gasteiger partial charge in [0.1, 0.15) is 18.0 Å². The summed E-state index contributed by atoms with van der Waals surface area (Å²) < 4.78 is 42.2. The highest BCUT2D eigenvalue weighted by Crippen LogP contribution is 2.84. The molecule has 6 unspecified atom stereocenters. The van der Waals surface area contributed by atoms with Gasteiger partial charge in [-0.05, 0) is 42.2 Å². The second-order valence-corrected chi connectivity index (χ2v) is 14.7. The van der Waals surface area contributed by atoms with Gasteiger partial charge in [-0.25, -0.2) is 14.4 Å². The Kier molecular flexibility index (Phi) is 6.36. The Hall–Kier alpha value is -4.04. The van der Waals surface area contributed by atoms with Crippen molar-refractivity contribution in [3.63, 3.8) is 0 Å². The minimum atomic E-state index is -2.58. The summed E-state index contributed by atoms with van der Waals surface area (Å²) in [5.74, 6) is -5.30. The smallest absolute Gasteiger partial charge is 0.343 e. The molecule has 2 aromatic carbocycles. The van der Waals surface area contributed by atoms with Gasteiger partial charge in [0.05, 0.1) is 36.0 Å². The second-order valence-electron chi connectivity index (χ2n) is 14.7. The largest absolute Gasteiger partial charge is 0.497 e. The fourth-order valence-corrected chi connectivity index (χ4v) is 10.2. The molecule has 48 heavy (non-hydrogen) atoms. The number of benzene rings is 2. The topological polar surface area (TPSA) is 173 Å². The van der Waals surface area contributed by atoms with Crippen molar-refractivity contribution in [3.05, 3.63) is 65.7 Å². The number of hydrogen-bond donors (Lipinski definition) is 2. The molecule has 0 aromatic heterocycles. The zero-order chi connectivity index (χ0) is 34.2. The van der Waals surface area contributed by atoms with Gasteiger partial charge in [0.2, 0.25) is 11.9 Å².